The molecular weight excluding hydrogens is 310 g/mol. The number of anilines is 1. The van der Waals surface area contributed by atoms with Crippen molar-refractivity contribution < 1.29 is 14.7 Å². The fraction of sp³-hybridized carbons (Fsp3) is 0.625. The maximum absolute atomic E-state index is 11.1. The number of carbonyl (C=O) groups is 2. The average molecular weight is 335 g/mol. The van der Waals surface area contributed by atoms with Gasteiger partial charge < -0.3 is 15.7 Å². The van der Waals surface area contributed by atoms with Crippen LogP contribution in [0.3, 0.4) is 0 Å². The summed E-state index contributed by atoms with van der Waals surface area (Å²) in [4.78, 5) is 34.3. The van der Waals surface area contributed by atoms with Gasteiger partial charge in [-0.15, -0.1) is 0 Å². The lowest BCUT2D eigenvalue weighted by Gasteiger charge is -2.34. The highest BCUT2D eigenvalue weighted by atomic mass is 16.4. The Morgan fingerprint density at radius 1 is 1.38 bits per heavy atom. The van der Waals surface area contributed by atoms with E-state index in [-0.39, 0.29) is 6.54 Å². The first-order valence-corrected chi connectivity index (χ1v) is 8.18. The maximum Gasteiger partial charge on any atom is 0.407 e. The van der Waals surface area contributed by atoms with Crippen LogP contribution >= 0.6 is 0 Å². The standard InChI is InChI=1S/C16H25N5O3/c1-11-9-18-12(2)15(19-11)20-6-3-13(4-7-20)5-8-21(16(23)24)10-14(17)22/h9,13H,3-8,10H2,1-2H3,(H2,17,22)(H,23,24). The second kappa shape index (κ2) is 7.94. The largest absolute Gasteiger partial charge is 0.465 e. The molecule has 0 unspecified atom stereocenters. The van der Waals surface area contributed by atoms with Crippen LogP contribution in [0.2, 0.25) is 0 Å². The molecule has 1 fully saturated rings. The number of nitrogens with zero attached hydrogens (tertiary/aromatic N) is 4. The summed E-state index contributed by atoms with van der Waals surface area (Å²) in [6, 6.07) is 0. The maximum atomic E-state index is 11.1. The Kier molecular flexibility index (Phi) is 5.94. The number of amides is 2. The zero-order valence-corrected chi connectivity index (χ0v) is 14.2. The van der Waals surface area contributed by atoms with Crippen molar-refractivity contribution in [3.8, 4) is 0 Å². The first kappa shape index (κ1) is 18.0. The number of hydrogen-bond acceptors (Lipinski definition) is 5. The quantitative estimate of drug-likeness (QED) is 0.807. The summed E-state index contributed by atoms with van der Waals surface area (Å²) < 4.78 is 0. The molecule has 2 amide bonds. The molecule has 0 atom stereocenters. The fourth-order valence-corrected chi connectivity index (χ4v) is 3.03. The van der Waals surface area contributed by atoms with Gasteiger partial charge in [-0.3, -0.25) is 14.7 Å². The van der Waals surface area contributed by atoms with Gasteiger partial charge in [-0.1, -0.05) is 0 Å². The van der Waals surface area contributed by atoms with E-state index in [1.54, 1.807) is 6.20 Å². The van der Waals surface area contributed by atoms with E-state index >= 15 is 0 Å². The highest BCUT2D eigenvalue weighted by Gasteiger charge is 2.23. The topological polar surface area (TPSA) is 113 Å². The lowest BCUT2D eigenvalue weighted by atomic mass is 9.93. The fourth-order valence-electron chi connectivity index (χ4n) is 3.03. The molecule has 8 heteroatoms. The van der Waals surface area contributed by atoms with Gasteiger partial charge in [0.1, 0.15) is 12.4 Å². The second-order valence-electron chi connectivity index (χ2n) is 6.31. The minimum Gasteiger partial charge on any atom is -0.465 e. The summed E-state index contributed by atoms with van der Waals surface area (Å²) in [5.74, 6) is 0.754. The molecule has 24 heavy (non-hydrogen) atoms. The number of aromatic nitrogens is 2. The molecule has 1 aliphatic heterocycles. The minimum atomic E-state index is -1.10. The van der Waals surface area contributed by atoms with Crippen molar-refractivity contribution in [1.82, 2.24) is 14.9 Å². The highest BCUT2D eigenvalue weighted by Crippen LogP contribution is 2.25. The van der Waals surface area contributed by atoms with Gasteiger partial charge in [-0.2, -0.15) is 0 Å². The van der Waals surface area contributed by atoms with Crippen molar-refractivity contribution in [1.29, 1.82) is 0 Å². The van der Waals surface area contributed by atoms with Gasteiger partial charge in [0.15, 0.2) is 0 Å². The second-order valence-corrected chi connectivity index (χ2v) is 6.31. The zero-order chi connectivity index (χ0) is 17.7. The van der Waals surface area contributed by atoms with Crippen molar-refractivity contribution in [2.45, 2.75) is 33.1 Å². The van der Waals surface area contributed by atoms with Crippen LogP contribution in [0.1, 0.15) is 30.7 Å². The summed E-state index contributed by atoms with van der Waals surface area (Å²) in [6.07, 6.45) is 3.35. The highest BCUT2D eigenvalue weighted by molar-refractivity contribution is 5.80. The average Bonchev–Trinajstić information content (AvgIpc) is 2.54. The SMILES string of the molecule is Cc1cnc(C)c(N2CCC(CCN(CC(N)=O)C(=O)O)CC2)n1. The van der Waals surface area contributed by atoms with Crippen LogP contribution in [0.4, 0.5) is 10.6 Å². The number of rotatable bonds is 6. The van der Waals surface area contributed by atoms with Crippen LogP contribution in [0.25, 0.3) is 0 Å². The van der Waals surface area contributed by atoms with E-state index in [2.05, 4.69) is 14.9 Å². The third-order valence-electron chi connectivity index (χ3n) is 4.39. The van der Waals surface area contributed by atoms with Crippen molar-refractivity contribution in [3.05, 3.63) is 17.6 Å². The zero-order valence-electron chi connectivity index (χ0n) is 14.2. The van der Waals surface area contributed by atoms with E-state index in [9.17, 15) is 9.59 Å². The third-order valence-corrected chi connectivity index (χ3v) is 4.39. The summed E-state index contributed by atoms with van der Waals surface area (Å²) in [6.45, 7) is 5.75. The van der Waals surface area contributed by atoms with Crippen LogP contribution in [0.15, 0.2) is 6.20 Å². The first-order chi connectivity index (χ1) is 11.4. The molecule has 0 bridgehead atoms. The number of primary amides is 1. The number of aryl methyl sites for hydroxylation is 2. The molecule has 1 aromatic rings. The van der Waals surface area contributed by atoms with Crippen molar-refractivity contribution in [3.63, 3.8) is 0 Å². The number of carboxylic acid groups (broad SMARTS) is 1. The monoisotopic (exact) mass is 335 g/mol. The lowest BCUT2D eigenvalue weighted by Crippen LogP contribution is -2.40. The predicted molar refractivity (Wildman–Crippen MR) is 89.9 cm³/mol. The number of carbonyl (C=O) groups excluding carboxylic acids is 1. The van der Waals surface area contributed by atoms with Crippen LogP contribution in [0, 0.1) is 19.8 Å². The molecule has 0 aromatic carbocycles. The molecule has 0 aliphatic carbocycles. The summed E-state index contributed by atoms with van der Waals surface area (Å²) >= 11 is 0. The molecule has 132 valence electrons. The van der Waals surface area contributed by atoms with Gasteiger partial charge in [0.2, 0.25) is 5.91 Å². The van der Waals surface area contributed by atoms with Gasteiger partial charge >= 0.3 is 6.09 Å². The van der Waals surface area contributed by atoms with Gasteiger partial charge in [0.05, 0.1) is 11.4 Å². The smallest absolute Gasteiger partial charge is 0.407 e. The van der Waals surface area contributed by atoms with E-state index < -0.39 is 12.0 Å². The molecule has 3 N–H and O–H groups in total. The van der Waals surface area contributed by atoms with Crippen LogP contribution in [-0.2, 0) is 4.79 Å². The van der Waals surface area contributed by atoms with Crippen molar-refractivity contribution >= 4 is 17.8 Å². The molecule has 2 rings (SSSR count). The Bertz CT molecular complexity index is 599. The number of piperidine rings is 1. The Morgan fingerprint density at radius 3 is 2.62 bits per heavy atom. The Morgan fingerprint density at radius 2 is 2.04 bits per heavy atom. The molecule has 2 heterocycles. The third kappa shape index (κ3) is 4.81. The Labute approximate surface area is 141 Å². The molecule has 1 aliphatic rings. The number of hydrogen-bond donors (Lipinski definition) is 2. The Hall–Kier alpha value is -2.38. The number of nitrogens with two attached hydrogens (primary N) is 1. The summed E-state index contributed by atoms with van der Waals surface area (Å²) in [7, 11) is 0. The van der Waals surface area contributed by atoms with Crippen LogP contribution in [0.5, 0.6) is 0 Å². The van der Waals surface area contributed by atoms with Crippen LogP contribution < -0.4 is 10.6 Å². The minimum absolute atomic E-state index is 0.244. The van der Waals surface area contributed by atoms with Crippen molar-refractivity contribution in [2.75, 3.05) is 31.1 Å². The summed E-state index contributed by atoms with van der Waals surface area (Å²) in [5, 5.41) is 9.09. The molecule has 1 aromatic heterocycles. The van der Waals surface area contributed by atoms with Gasteiger partial charge in [-0.05, 0) is 39.0 Å². The van der Waals surface area contributed by atoms with E-state index in [0.717, 1.165) is 54.5 Å². The first-order valence-electron chi connectivity index (χ1n) is 8.18. The Balaban J connectivity index is 1.85. The van der Waals surface area contributed by atoms with E-state index in [1.165, 1.54) is 0 Å². The normalized spacial score (nSPS) is 15.3. The van der Waals surface area contributed by atoms with Gasteiger partial charge in [0, 0.05) is 25.8 Å². The lowest BCUT2D eigenvalue weighted by molar-refractivity contribution is -0.118. The predicted octanol–water partition coefficient (Wildman–Crippen LogP) is 1.17. The molecule has 1 saturated heterocycles. The van der Waals surface area contributed by atoms with Gasteiger partial charge in [0.25, 0.3) is 0 Å². The van der Waals surface area contributed by atoms with Crippen LogP contribution in [-0.4, -0.2) is 58.2 Å². The van der Waals surface area contributed by atoms with Gasteiger partial charge in [-0.25, -0.2) is 9.78 Å². The van der Waals surface area contributed by atoms with E-state index in [0.29, 0.717) is 12.5 Å². The molecule has 0 saturated carbocycles. The molecule has 0 spiro atoms. The molecule has 8 nitrogen and oxygen atoms in total. The van der Waals surface area contributed by atoms with E-state index in [1.807, 2.05) is 13.8 Å². The summed E-state index contributed by atoms with van der Waals surface area (Å²) in [5.41, 5.74) is 6.92. The van der Waals surface area contributed by atoms with Crippen molar-refractivity contribution in [2.24, 2.45) is 11.7 Å². The molecule has 0 radical (unpaired) electrons. The van der Waals surface area contributed by atoms with E-state index in [4.69, 9.17) is 10.8 Å². The molecular formula is C16H25N5O3.